The van der Waals surface area contributed by atoms with Crippen LogP contribution in [0, 0.1) is 6.92 Å². The number of aryl methyl sites for hydroxylation is 1. The van der Waals surface area contributed by atoms with Crippen molar-refractivity contribution in [1.29, 1.82) is 0 Å². The summed E-state index contributed by atoms with van der Waals surface area (Å²) in [6, 6.07) is 15.7. The summed E-state index contributed by atoms with van der Waals surface area (Å²) in [7, 11) is 0. The summed E-state index contributed by atoms with van der Waals surface area (Å²) in [4.78, 5) is 16.1. The lowest BCUT2D eigenvalue weighted by atomic mass is 10.1. The number of aliphatic hydroxyl groups is 1. The van der Waals surface area contributed by atoms with Crippen molar-refractivity contribution < 1.29 is 14.6 Å². The zero-order chi connectivity index (χ0) is 19.2. The third-order valence-corrected chi connectivity index (χ3v) is 4.92. The second-order valence-electron chi connectivity index (χ2n) is 7.17. The predicted octanol–water partition coefficient (Wildman–Crippen LogP) is 2.76. The Balaban J connectivity index is 1.43. The molecule has 3 rings (SSSR count). The standard InChI is InChI=1S/C22H28N2O3/c1-17-6-8-20(9-7-17)24-12-10-23(11-13-24)15-21(26)16-27-22-5-3-4-19(14-22)18(2)25/h3-9,14,21,26H,10-13,15-16H2,1-2H3/t21-/m1/s1. The molecule has 2 aromatic rings. The number of Topliss-reactive ketones (excluding diaryl/α,β-unsaturated/α-hetero) is 1. The number of piperazine rings is 1. The van der Waals surface area contributed by atoms with Gasteiger partial charge in [0.2, 0.25) is 0 Å². The average Bonchev–Trinajstić information content (AvgIpc) is 2.68. The van der Waals surface area contributed by atoms with Gasteiger partial charge in [-0.3, -0.25) is 9.69 Å². The number of benzene rings is 2. The van der Waals surface area contributed by atoms with Gasteiger partial charge >= 0.3 is 0 Å². The second kappa shape index (κ2) is 9.02. The molecule has 0 bridgehead atoms. The van der Waals surface area contributed by atoms with Gasteiger partial charge in [0.1, 0.15) is 18.5 Å². The zero-order valence-electron chi connectivity index (χ0n) is 16.1. The highest BCUT2D eigenvalue weighted by Crippen LogP contribution is 2.18. The first-order valence-electron chi connectivity index (χ1n) is 9.47. The number of ketones is 1. The molecule has 2 aromatic carbocycles. The Kier molecular flexibility index (Phi) is 6.48. The zero-order valence-corrected chi connectivity index (χ0v) is 16.1. The number of rotatable bonds is 7. The lowest BCUT2D eigenvalue weighted by Gasteiger charge is -2.36. The normalized spacial score (nSPS) is 16.2. The van der Waals surface area contributed by atoms with E-state index >= 15 is 0 Å². The summed E-state index contributed by atoms with van der Waals surface area (Å²) >= 11 is 0. The number of hydrogen-bond donors (Lipinski definition) is 1. The van der Waals surface area contributed by atoms with Gasteiger partial charge in [-0.25, -0.2) is 0 Å². The number of aliphatic hydroxyl groups excluding tert-OH is 1. The molecule has 0 aliphatic carbocycles. The Hall–Kier alpha value is -2.37. The molecule has 1 fully saturated rings. The lowest BCUT2D eigenvalue weighted by Crippen LogP contribution is -2.49. The molecule has 0 aromatic heterocycles. The molecule has 1 atom stereocenters. The van der Waals surface area contributed by atoms with Crippen LogP contribution in [0.5, 0.6) is 5.75 Å². The van der Waals surface area contributed by atoms with Crippen molar-refractivity contribution in [3.63, 3.8) is 0 Å². The smallest absolute Gasteiger partial charge is 0.159 e. The molecule has 1 heterocycles. The molecule has 1 N–H and O–H groups in total. The molecule has 5 nitrogen and oxygen atoms in total. The number of carbonyl (C=O) groups excluding carboxylic acids is 1. The van der Waals surface area contributed by atoms with Gasteiger partial charge in [-0.05, 0) is 38.1 Å². The van der Waals surface area contributed by atoms with Crippen LogP contribution in [0.15, 0.2) is 48.5 Å². The molecule has 1 aliphatic rings. The number of carbonyl (C=O) groups is 1. The minimum atomic E-state index is -0.558. The van der Waals surface area contributed by atoms with Gasteiger partial charge in [-0.2, -0.15) is 0 Å². The van der Waals surface area contributed by atoms with Gasteiger partial charge in [-0.15, -0.1) is 0 Å². The van der Waals surface area contributed by atoms with Crippen LogP contribution >= 0.6 is 0 Å². The SMILES string of the molecule is CC(=O)c1cccc(OC[C@H](O)CN2CCN(c3ccc(C)cc3)CC2)c1. The number of hydrogen-bond acceptors (Lipinski definition) is 5. The minimum Gasteiger partial charge on any atom is -0.491 e. The Morgan fingerprint density at radius 2 is 1.81 bits per heavy atom. The summed E-state index contributed by atoms with van der Waals surface area (Å²) in [5, 5.41) is 10.3. The summed E-state index contributed by atoms with van der Waals surface area (Å²) in [6.45, 7) is 8.20. The van der Waals surface area contributed by atoms with E-state index in [0.717, 1.165) is 26.2 Å². The molecule has 1 saturated heterocycles. The largest absolute Gasteiger partial charge is 0.491 e. The van der Waals surface area contributed by atoms with Crippen LogP contribution in [-0.2, 0) is 0 Å². The minimum absolute atomic E-state index is 0.00689. The quantitative estimate of drug-likeness (QED) is 0.762. The Morgan fingerprint density at radius 1 is 1.11 bits per heavy atom. The first kappa shape index (κ1) is 19.4. The fourth-order valence-electron chi connectivity index (χ4n) is 3.29. The third-order valence-electron chi connectivity index (χ3n) is 4.92. The fraction of sp³-hybridized carbons (Fsp3) is 0.409. The van der Waals surface area contributed by atoms with Crippen molar-refractivity contribution >= 4 is 11.5 Å². The van der Waals surface area contributed by atoms with Gasteiger partial charge in [0.15, 0.2) is 5.78 Å². The summed E-state index contributed by atoms with van der Waals surface area (Å²) < 4.78 is 5.66. The number of ether oxygens (including phenoxy) is 1. The van der Waals surface area contributed by atoms with E-state index in [1.807, 2.05) is 0 Å². The molecular formula is C22H28N2O3. The highest BCUT2D eigenvalue weighted by Gasteiger charge is 2.19. The summed E-state index contributed by atoms with van der Waals surface area (Å²) in [5.41, 5.74) is 3.15. The fourth-order valence-corrected chi connectivity index (χ4v) is 3.29. The number of β-amino-alcohol motifs (C(OH)–C–C–N with tert-alkyl or cyclic N) is 1. The van der Waals surface area contributed by atoms with E-state index in [4.69, 9.17) is 4.74 Å². The molecule has 1 aliphatic heterocycles. The Morgan fingerprint density at radius 3 is 2.48 bits per heavy atom. The van der Waals surface area contributed by atoms with Gasteiger partial charge in [0.05, 0.1) is 0 Å². The van der Waals surface area contributed by atoms with Gasteiger partial charge in [0, 0.05) is 44.0 Å². The van der Waals surface area contributed by atoms with E-state index in [2.05, 4.69) is 41.0 Å². The Labute approximate surface area is 161 Å². The monoisotopic (exact) mass is 368 g/mol. The lowest BCUT2D eigenvalue weighted by molar-refractivity contribution is 0.0663. The van der Waals surface area contributed by atoms with Crippen molar-refractivity contribution in [2.45, 2.75) is 20.0 Å². The van der Waals surface area contributed by atoms with Crippen molar-refractivity contribution in [2.24, 2.45) is 0 Å². The molecule has 0 spiro atoms. The van der Waals surface area contributed by atoms with E-state index < -0.39 is 6.10 Å². The molecule has 0 radical (unpaired) electrons. The van der Waals surface area contributed by atoms with Crippen LogP contribution in [0.25, 0.3) is 0 Å². The highest BCUT2D eigenvalue weighted by atomic mass is 16.5. The maximum atomic E-state index is 11.4. The summed E-state index contributed by atoms with van der Waals surface area (Å²) in [6.07, 6.45) is -0.558. The molecule has 0 unspecified atom stereocenters. The van der Waals surface area contributed by atoms with E-state index in [9.17, 15) is 9.90 Å². The predicted molar refractivity (Wildman–Crippen MR) is 108 cm³/mol. The van der Waals surface area contributed by atoms with E-state index in [0.29, 0.717) is 17.9 Å². The molecular weight excluding hydrogens is 340 g/mol. The first-order chi connectivity index (χ1) is 13.0. The van der Waals surface area contributed by atoms with Crippen molar-refractivity contribution in [2.75, 3.05) is 44.2 Å². The first-order valence-corrected chi connectivity index (χ1v) is 9.47. The van der Waals surface area contributed by atoms with Gasteiger partial charge in [-0.1, -0.05) is 29.8 Å². The maximum absolute atomic E-state index is 11.4. The molecule has 0 saturated carbocycles. The molecule has 5 heteroatoms. The van der Waals surface area contributed by atoms with E-state index in [1.165, 1.54) is 18.2 Å². The number of anilines is 1. The van der Waals surface area contributed by atoms with Gasteiger partial charge in [0.25, 0.3) is 0 Å². The van der Waals surface area contributed by atoms with Crippen molar-refractivity contribution in [1.82, 2.24) is 4.90 Å². The van der Waals surface area contributed by atoms with E-state index in [-0.39, 0.29) is 12.4 Å². The van der Waals surface area contributed by atoms with Crippen LogP contribution < -0.4 is 9.64 Å². The van der Waals surface area contributed by atoms with Gasteiger partial charge < -0.3 is 14.7 Å². The third kappa shape index (κ3) is 5.55. The van der Waals surface area contributed by atoms with Crippen LogP contribution in [0.2, 0.25) is 0 Å². The van der Waals surface area contributed by atoms with Crippen LogP contribution in [-0.4, -0.2) is 61.2 Å². The molecule has 144 valence electrons. The van der Waals surface area contributed by atoms with E-state index in [1.54, 1.807) is 24.3 Å². The Bertz CT molecular complexity index is 752. The van der Waals surface area contributed by atoms with Crippen molar-refractivity contribution in [3.8, 4) is 5.75 Å². The molecule has 27 heavy (non-hydrogen) atoms. The average molecular weight is 368 g/mol. The van der Waals surface area contributed by atoms with Crippen molar-refractivity contribution in [3.05, 3.63) is 59.7 Å². The second-order valence-corrected chi connectivity index (χ2v) is 7.17. The van der Waals surface area contributed by atoms with Crippen LogP contribution in [0.4, 0.5) is 5.69 Å². The number of nitrogens with zero attached hydrogens (tertiary/aromatic N) is 2. The van der Waals surface area contributed by atoms with Crippen LogP contribution in [0.1, 0.15) is 22.8 Å². The molecule has 0 amide bonds. The maximum Gasteiger partial charge on any atom is 0.159 e. The summed E-state index contributed by atoms with van der Waals surface area (Å²) in [5.74, 6) is 0.624. The van der Waals surface area contributed by atoms with Crippen LogP contribution in [0.3, 0.4) is 0 Å². The highest BCUT2D eigenvalue weighted by molar-refractivity contribution is 5.94. The topological polar surface area (TPSA) is 53.0 Å².